The van der Waals surface area contributed by atoms with E-state index in [9.17, 15) is 9.59 Å². The number of aromatic nitrogens is 2. The molecule has 0 unspecified atom stereocenters. The van der Waals surface area contributed by atoms with Gasteiger partial charge in [-0.3, -0.25) is 14.7 Å². The van der Waals surface area contributed by atoms with E-state index in [1.807, 2.05) is 4.90 Å². The maximum atomic E-state index is 12.7. The van der Waals surface area contributed by atoms with Gasteiger partial charge in [-0.15, -0.1) is 0 Å². The lowest BCUT2D eigenvalue weighted by Crippen LogP contribution is -2.40. The molecular weight excluding hydrogens is 314 g/mol. The second-order valence-electron chi connectivity index (χ2n) is 6.95. The average Bonchev–Trinajstić information content (AvgIpc) is 3.11. The van der Waals surface area contributed by atoms with Crippen LogP contribution in [0.1, 0.15) is 58.3 Å². The van der Waals surface area contributed by atoms with Crippen LogP contribution in [0.25, 0.3) is 0 Å². The third-order valence-corrected chi connectivity index (χ3v) is 5.06. The largest absolute Gasteiger partial charge is 0.337 e. The van der Waals surface area contributed by atoms with E-state index in [0.717, 1.165) is 38.8 Å². The minimum atomic E-state index is -0.134. The van der Waals surface area contributed by atoms with Crippen molar-refractivity contribution in [1.29, 1.82) is 0 Å². The van der Waals surface area contributed by atoms with Crippen LogP contribution in [0.15, 0.2) is 30.3 Å². The molecule has 3 rings (SSSR count). The van der Waals surface area contributed by atoms with Gasteiger partial charge in [-0.05, 0) is 55.7 Å². The molecule has 1 aliphatic heterocycles. The van der Waals surface area contributed by atoms with E-state index in [0.29, 0.717) is 17.3 Å². The molecular formula is C20H25N3O2. The molecule has 1 fully saturated rings. The number of amides is 1. The lowest BCUT2D eigenvalue weighted by Gasteiger charge is -2.32. The maximum Gasteiger partial charge on any atom is 0.271 e. The number of ketones is 1. The van der Waals surface area contributed by atoms with Crippen LogP contribution in [0.3, 0.4) is 0 Å². The summed E-state index contributed by atoms with van der Waals surface area (Å²) in [5.74, 6) is 0.332. The fourth-order valence-electron chi connectivity index (χ4n) is 3.52. The molecule has 5 heteroatoms. The van der Waals surface area contributed by atoms with Gasteiger partial charge in [-0.25, -0.2) is 0 Å². The summed E-state index contributed by atoms with van der Waals surface area (Å²) in [7, 11) is 0. The van der Waals surface area contributed by atoms with E-state index in [-0.39, 0.29) is 11.7 Å². The van der Waals surface area contributed by atoms with Crippen LogP contribution in [0.4, 0.5) is 0 Å². The number of carbonyl (C=O) groups excluding carboxylic acids is 2. The molecule has 1 saturated heterocycles. The van der Waals surface area contributed by atoms with Gasteiger partial charge in [-0.2, -0.15) is 5.10 Å². The first-order valence-electron chi connectivity index (χ1n) is 8.94. The van der Waals surface area contributed by atoms with E-state index in [2.05, 4.69) is 41.4 Å². The Kier molecular flexibility index (Phi) is 5.31. The van der Waals surface area contributed by atoms with Crippen LogP contribution < -0.4 is 0 Å². The van der Waals surface area contributed by atoms with Crippen molar-refractivity contribution in [3.05, 3.63) is 52.8 Å². The lowest BCUT2D eigenvalue weighted by molar-refractivity contribution is 0.0662. The molecule has 1 amide bonds. The number of H-pyrrole nitrogens is 1. The number of benzene rings is 1. The standard InChI is InChI=1S/C20H25N3O2/c1-14-6-3-4-8-17(14)10-9-16-7-5-11-23(13-16)20(25)19-12-18(15(2)24)21-22-19/h3-4,6,8,12,16H,5,7,9-11,13H2,1-2H3,(H,21,22)/t16-/m0/s1. The van der Waals surface area contributed by atoms with Crippen LogP contribution >= 0.6 is 0 Å². The SMILES string of the molecule is CC(=O)c1cc(C(=O)N2CCC[C@@H](CCc3ccccc3C)C2)[nH]n1. The van der Waals surface area contributed by atoms with Crippen molar-refractivity contribution in [2.75, 3.05) is 13.1 Å². The first-order chi connectivity index (χ1) is 12.0. The number of aromatic amines is 1. The highest BCUT2D eigenvalue weighted by atomic mass is 16.2. The van der Waals surface area contributed by atoms with Gasteiger partial charge in [-0.1, -0.05) is 24.3 Å². The van der Waals surface area contributed by atoms with Crippen molar-refractivity contribution in [2.45, 2.75) is 39.5 Å². The minimum absolute atomic E-state index is 0.0550. The zero-order valence-electron chi connectivity index (χ0n) is 14.9. The van der Waals surface area contributed by atoms with E-state index in [1.54, 1.807) is 6.07 Å². The predicted molar refractivity (Wildman–Crippen MR) is 96.7 cm³/mol. The molecule has 2 heterocycles. The first-order valence-corrected chi connectivity index (χ1v) is 8.94. The van der Waals surface area contributed by atoms with Crippen molar-refractivity contribution in [2.24, 2.45) is 5.92 Å². The van der Waals surface area contributed by atoms with Gasteiger partial charge in [0.25, 0.3) is 5.91 Å². The Morgan fingerprint density at radius 3 is 2.84 bits per heavy atom. The Morgan fingerprint density at radius 2 is 2.12 bits per heavy atom. The van der Waals surface area contributed by atoms with Gasteiger partial charge in [0, 0.05) is 20.0 Å². The lowest BCUT2D eigenvalue weighted by atomic mass is 9.90. The second kappa shape index (κ2) is 7.64. The number of nitrogens with zero attached hydrogens (tertiary/aromatic N) is 2. The number of nitrogens with one attached hydrogen (secondary N) is 1. The Labute approximate surface area is 148 Å². The Balaban J connectivity index is 1.59. The molecule has 2 aromatic rings. The van der Waals surface area contributed by atoms with Crippen LogP contribution in [-0.4, -0.2) is 39.9 Å². The van der Waals surface area contributed by atoms with Gasteiger partial charge < -0.3 is 4.90 Å². The van der Waals surface area contributed by atoms with Crippen LogP contribution in [-0.2, 0) is 6.42 Å². The molecule has 132 valence electrons. The van der Waals surface area contributed by atoms with Gasteiger partial charge in [0.15, 0.2) is 5.78 Å². The minimum Gasteiger partial charge on any atom is -0.337 e. The number of Topliss-reactive ketones (excluding diaryl/α,β-unsaturated/α-hetero) is 1. The molecule has 1 N–H and O–H groups in total. The van der Waals surface area contributed by atoms with Gasteiger partial charge in [0.05, 0.1) is 0 Å². The number of carbonyl (C=O) groups is 2. The maximum absolute atomic E-state index is 12.7. The predicted octanol–water partition coefficient (Wildman–Crippen LogP) is 3.41. The van der Waals surface area contributed by atoms with E-state index < -0.39 is 0 Å². The quantitative estimate of drug-likeness (QED) is 0.849. The number of hydrogen-bond acceptors (Lipinski definition) is 3. The van der Waals surface area contributed by atoms with Crippen molar-refractivity contribution >= 4 is 11.7 Å². The molecule has 1 atom stereocenters. The highest BCUT2D eigenvalue weighted by Crippen LogP contribution is 2.23. The molecule has 0 radical (unpaired) electrons. The fourth-order valence-corrected chi connectivity index (χ4v) is 3.52. The Bertz CT molecular complexity index is 766. The highest BCUT2D eigenvalue weighted by Gasteiger charge is 2.25. The molecule has 0 spiro atoms. The second-order valence-corrected chi connectivity index (χ2v) is 6.95. The molecule has 0 saturated carbocycles. The van der Waals surface area contributed by atoms with Crippen molar-refractivity contribution in [1.82, 2.24) is 15.1 Å². The summed E-state index contributed by atoms with van der Waals surface area (Å²) in [6.07, 6.45) is 4.34. The van der Waals surface area contributed by atoms with Crippen molar-refractivity contribution < 1.29 is 9.59 Å². The number of hydrogen-bond donors (Lipinski definition) is 1. The molecule has 1 aliphatic rings. The Hall–Kier alpha value is -2.43. The summed E-state index contributed by atoms with van der Waals surface area (Å²) in [5, 5.41) is 6.62. The smallest absolute Gasteiger partial charge is 0.271 e. The van der Waals surface area contributed by atoms with Crippen LogP contribution in [0.2, 0.25) is 0 Å². The highest BCUT2D eigenvalue weighted by molar-refractivity contribution is 5.97. The van der Waals surface area contributed by atoms with Crippen molar-refractivity contribution in [3.63, 3.8) is 0 Å². The summed E-state index contributed by atoms with van der Waals surface area (Å²) in [4.78, 5) is 25.9. The fraction of sp³-hybridized carbons (Fsp3) is 0.450. The molecule has 0 bridgehead atoms. The molecule has 25 heavy (non-hydrogen) atoms. The normalized spacial score (nSPS) is 17.5. The van der Waals surface area contributed by atoms with E-state index in [4.69, 9.17) is 0 Å². The third kappa shape index (κ3) is 4.16. The first kappa shape index (κ1) is 17.4. The number of aryl methyl sites for hydroxylation is 2. The summed E-state index contributed by atoms with van der Waals surface area (Å²) in [6.45, 7) is 5.15. The monoisotopic (exact) mass is 339 g/mol. The third-order valence-electron chi connectivity index (χ3n) is 5.06. The molecule has 5 nitrogen and oxygen atoms in total. The van der Waals surface area contributed by atoms with Crippen molar-refractivity contribution in [3.8, 4) is 0 Å². The topological polar surface area (TPSA) is 66.1 Å². The van der Waals surface area contributed by atoms with E-state index in [1.165, 1.54) is 18.1 Å². The summed E-state index contributed by atoms with van der Waals surface area (Å²) in [5.41, 5.74) is 3.45. The average molecular weight is 339 g/mol. The van der Waals surface area contributed by atoms with Gasteiger partial charge in [0.2, 0.25) is 0 Å². The molecule has 1 aromatic heterocycles. The number of likely N-dealkylation sites (tertiary alicyclic amines) is 1. The zero-order valence-corrected chi connectivity index (χ0v) is 14.9. The summed E-state index contributed by atoms with van der Waals surface area (Å²) in [6, 6.07) is 10.1. The van der Waals surface area contributed by atoms with Crippen LogP contribution in [0.5, 0.6) is 0 Å². The number of rotatable bonds is 5. The van der Waals surface area contributed by atoms with Gasteiger partial charge in [0.1, 0.15) is 11.4 Å². The molecule has 1 aromatic carbocycles. The van der Waals surface area contributed by atoms with Gasteiger partial charge >= 0.3 is 0 Å². The Morgan fingerprint density at radius 1 is 1.32 bits per heavy atom. The van der Waals surface area contributed by atoms with E-state index >= 15 is 0 Å². The zero-order chi connectivity index (χ0) is 17.8. The van der Waals surface area contributed by atoms with Crippen LogP contribution in [0, 0.1) is 12.8 Å². The summed E-state index contributed by atoms with van der Waals surface area (Å²) >= 11 is 0. The number of piperidine rings is 1. The molecule has 0 aliphatic carbocycles. The summed E-state index contributed by atoms with van der Waals surface area (Å²) < 4.78 is 0.